The molecule has 5 nitrogen and oxygen atoms in total. The van der Waals surface area contributed by atoms with Crippen LogP contribution in [0.1, 0.15) is 36.6 Å². The molecule has 0 saturated carbocycles. The van der Waals surface area contributed by atoms with E-state index in [4.69, 9.17) is 0 Å². The Morgan fingerprint density at radius 3 is 2.50 bits per heavy atom. The van der Waals surface area contributed by atoms with Gasteiger partial charge in [-0.25, -0.2) is 4.79 Å². The highest BCUT2D eigenvalue weighted by atomic mass is 16.5. The molecule has 0 spiro atoms. The van der Waals surface area contributed by atoms with Crippen LogP contribution in [-0.2, 0) is 4.74 Å². The third kappa shape index (κ3) is 3.38. The van der Waals surface area contributed by atoms with Crippen LogP contribution in [0.3, 0.4) is 0 Å². The second-order valence-electron chi connectivity index (χ2n) is 4.72. The Morgan fingerprint density at radius 1 is 1.09 bits per heavy atom. The zero-order valence-electron chi connectivity index (χ0n) is 12.3. The normalized spacial score (nSPS) is 9.91. The molecule has 0 aromatic heterocycles. The lowest BCUT2D eigenvalue weighted by Gasteiger charge is -2.10. The lowest BCUT2D eigenvalue weighted by atomic mass is 10.1. The van der Waals surface area contributed by atoms with Crippen molar-refractivity contribution in [2.45, 2.75) is 6.92 Å². The van der Waals surface area contributed by atoms with Gasteiger partial charge in [-0.3, -0.25) is 9.59 Å². The van der Waals surface area contributed by atoms with Gasteiger partial charge in [0.15, 0.2) is 0 Å². The van der Waals surface area contributed by atoms with E-state index in [9.17, 15) is 14.4 Å². The number of anilines is 1. The number of rotatable bonds is 4. The molecule has 0 aliphatic heterocycles. The summed E-state index contributed by atoms with van der Waals surface area (Å²) in [6, 6.07) is 11.3. The zero-order valence-corrected chi connectivity index (χ0v) is 12.3. The highest BCUT2D eigenvalue weighted by molar-refractivity contribution is 6.05. The van der Waals surface area contributed by atoms with Gasteiger partial charge in [0.2, 0.25) is 0 Å². The molecule has 0 atom stereocenters. The summed E-state index contributed by atoms with van der Waals surface area (Å²) in [5, 5.41) is 2.75. The molecule has 2 rings (SSSR count). The van der Waals surface area contributed by atoms with Crippen molar-refractivity contribution in [1.29, 1.82) is 0 Å². The van der Waals surface area contributed by atoms with Crippen LogP contribution in [-0.4, -0.2) is 25.3 Å². The van der Waals surface area contributed by atoms with E-state index < -0.39 is 5.97 Å². The molecule has 2 aromatic rings. The van der Waals surface area contributed by atoms with Crippen LogP contribution in [0.2, 0.25) is 0 Å². The van der Waals surface area contributed by atoms with Crippen molar-refractivity contribution in [2.24, 2.45) is 0 Å². The van der Waals surface area contributed by atoms with Crippen molar-refractivity contribution in [2.75, 3.05) is 12.4 Å². The van der Waals surface area contributed by atoms with E-state index in [1.165, 1.54) is 13.2 Å². The maximum Gasteiger partial charge on any atom is 0.337 e. The minimum absolute atomic E-state index is 0.322. The van der Waals surface area contributed by atoms with Gasteiger partial charge in [0, 0.05) is 16.8 Å². The average Bonchev–Trinajstić information content (AvgIpc) is 2.55. The average molecular weight is 297 g/mol. The fourth-order valence-corrected chi connectivity index (χ4v) is 2.00. The van der Waals surface area contributed by atoms with Gasteiger partial charge in [-0.15, -0.1) is 0 Å². The highest BCUT2D eigenvalue weighted by Crippen LogP contribution is 2.18. The van der Waals surface area contributed by atoms with Gasteiger partial charge >= 0.3 is 5.97 Å². The lowest BCUT2D eigenvalue weighted by molar-refractivity contribution is 0.0600. The molecule has 0 unspecified atom stereocenters. The first-order chi connectivity index (χ1) is 10.5. The van der Waals surface area contributed by atoms with Gasteiger partial charge in [-0.1, -0.05) is 12.1 Å². The van der Waals surface area contributed by atoms with Crippen molar-refractivity contribution < 1.29 is 19.1 Å². The number of ether oxygens (including phenoxy) is 1. The summed E-state index contributed by atoms with van der Waals surface area (Å²) in [5.74, 6) is -0.753. The van der Waals surface area contributed by atoms with E-state index in [1.54, 1.807) is 43.3 Å². The Bertz CT molecular complexity index is 737. The molecule has 0 aliphatic rings. The second-order valence-corrected chi connectivity index (χ2v) is 4.72. The summed E-state index contributed by atoms with van der Waals surface area (Å²) in [4.78, 5) is 34.4. The molecule has 1 N–H and O–H groups in total. The van der Waals surface area contributed by atoms with E-state index in [0.717, 1.165) is 5.56 Å². The van der Waals surface area contributed by atoms with Crippen molar-refractivity contribution in [3.63, 3.8) is 0 Å². The third-order valence-electron chi connectivity index (χ3n) is 3.18. The van der Waals surface area contributed by atoms with Gasteiger partial charge in [0.1, 0.15) is 6.29 Å². The fourth-order valence-electron chi connectivity index (χ4n) is 2.00. The molecule has 0 aliphatic carbocycles. The standard InChI is InChI=1S/C17H15NO4/c1-11-8-14(17(21)22-2)6-7-15(11)18-16(20)13-5-3-4-12(9-13)10-19/h3-10H,1-2H3,(H,18,20). The van der Waals surface area contributed by atoms with Crippen LogP contribution >= 0.6 is 0 Å². The number of benzene rings is 2. The molecule has 112 valence electrons. The van der Waals surface area contributed by atoms with E-state index in [-0.39, 0.29) is 5.91 Å². The summed E-state index contributed by atoms with van der Waals surface area (Å²) in [7, 11) is 1.31. The smallest absolute Gasteiger partial charge is 0.337 e. The maximum absolute atomic E-state index is 12.2. The van der Waals surface area contributed by atoms with Gasteiger partial charge in [-0.05, 0) is 42.8 Å². The van der Waals surface area contributed by atoms with Gasteiger partial charge < -0.3 is 10.1 Å². The number of carbonyl (C=O) groups is 3. The van der Waals surface area contributed by atoms with Crippen molar-refractivity contribution >= 4 is 23.9 Å². The molecule has 1 amide bonds. The molecule has 0 bridgehead atoms. The number of hydrogen-bond acceptors (Lipinski definition) is 4. The summed E-state index contributed by atoms with van der Waals surface area (Å²) in [5.41, 5.74) is 2.57. The predicted octanol–water partition coefficient (Wildman–Crippen LogP) is 2.85. The summed E-state index contributed by atoms with van der Waals surface area (Å²) >= 11 is 0. The van der Waals surface area contributed by atoms with Crippen LogP contribution in [0, 0.1) is 6.92 Å². The SMILES string of the molecule is COC(=O)c1ccc(NC(=O)c2cccc(C=O)c2)c(C)c1. The van der Waals surface area contributed by atoms with Crippen LogP contribution < -0.4 is 5.32 Å². The second kappa shape index (κ2) is 6.67. The number of nitrogens with one attached hydrogen (secondary N) is 1. The predicted molar refractivity (Wildman–Crippen MR) is 82.3 cm³/mol. The molecule has 5 heteroatoms. The first-order valence-corrected chi connectivity index (χ1v) is 6.60. The number of hydrogen-bond donors (Lipinski definition) is 1. The number of aldehydes is 1. The van der Waals surface area contributed by atoms with Crippen molar-refractivity contribution in [3.8, 4) is 0 Å². The summed E-state index contributed by atoms with van der Waals surface area (Å²) in [6.45, 7) is 1.78. The molecule has 22 heavy (non-hydrogen) atoms. The first-order valence-electron chi connectivity index (χ1n) is 6.60. The van der Waals surface area contributed by atoms with Crippen LogP contribution in [0.25, 0.3) is 0 Å². The Balaban J connectivity index is 2.21. The van der Waals surface area contributed by atoms with Crippen molar-refractivity contribution in [1.82, 2.24) is 0 Å². The van der Waals surface area contributed by atoms with Crippen LogP contribution in [0.15, 0.2) is 42.5 Å². The van der Waals surface area contributed by atoms with E-state index in [1.807, 2.05) is 0 Å². The third-order valence-corrected chi connectivity index (χ3v) is 3.18. The molecule has 0 radical (unpaired) electrons. The van der Waals surface area contributed by atoms with E-state index in [0.29, 0.717) is 28.7 Å². The number of aryl methyl sites for hydroxylation is 1. The number of carbonyl (C=O) groups excluding carboxylic acids is 3. The Morgan fingerprint density at radius 2 is 1.86 bits per heavy atom. The Labute approximate surface area is 127 Å². The lowest BCUT2D eigenvalue weighted by Crippen LogP contribution is -2.13. The zero-order chi connectivity index (χ0) is 16.1. The van der Waals surface area contributed by atoms with E-state index >= 15 is 0 Å². The number of amides is 1. The minimum Gasteiger partial charge on any atom is -0.465 e. The highest BCUT2D eigenvalue weighted by Gasteiger charge is 2.11. The molecule has 0 saturated heterocycles. The minimum atomic E-state index is -0.431. The van der Waals surface area contributed by atoms with Crippen molar-refractivity contribution in [3.05, 3.63) is 64.7 Å². The topological polar surface area (TPSA) is 72.5 Å². The van der Waals surface area contributed by atoms with E-state index in [2.05, 4.69) is 10.1 Å². The first kappa shape index (κ1) is 15.4. The summed E-state index contributed by atoms with van der Waals surface area (Å²) < 4.78 is 4.65. The molecular formula is C17H15NO4. The molecule has 2 aromatic carbocycles. The Hall–Kier alpha value is -2.95. The number of esters is 1. The monoisotopic (exact) mass is 297 g/mol. The largest absolute Gasteiger partial charge is 0.465 e. The maximum atomic E-state index is 12.2. The quantitative estimate of drug-likeness (QED) is 0.695. The molecule has 0 heterocycles. The Kier molecular flexibility index (Phi) is 4.68. The molecular weight excluding hydrogens is 282 g/mol. The van der Waals surface area contributed by atoms with Gasteiger partial charge in [-0.2, -0.15) is 0 Å². The summed E-state index contributed by atoms with van der Waals surface area (Å²) in [6.07, 6.45) is 0.688. The van der Waals surface area contributed by atoms with Gasteiger partial charge in [0.25, 0.3) is 5.91 Å². The fraction of sp³-hybridized carbons (Fsp3) is 0.118. The van der Waals surface area contributed by atoms with Gasteiger partial charge in [0.05, 0.1) is 12.7 Å². The van der Waals surface area contributed by atoms with Crippen LogP contribution in [0.4, 0.5) is 5.69 Å². The molecule has 0 fully saturated rings. The van der Waals surface area contributed by atoms with Crippen LogP contribution in [0.5, 0.6) is 0 Å². The number of methoxy groups -OCH3 is 1.